The Hall–Kier alpha value is -0.980. The van der Waals surface area contributed by atoms with Crippen LogP contribution in [0.3, 0.4) is 0 Å². The normalized spacial score (nSPS) is 13.6. The molecule has 0 atom stereocenters. The molecule has 2 aromatic carbocycles. The smallest absolute Gasteiger partial charge is 0.109 e. The van der Waals surface area contributed by atoms with Gasteiger partial charge in [0.25, 0.3) is 0 Å². The van der Waals surface area contributed by atoms with Crippen LogP contribution in [0, 0.1) is 12.1 Å². The zero-order chi connectivity index (χ0) is 23.9. The van der Waals surface area contributed by atoms with Gasteiger partial charge < -0.3 is 0 Å². The SMILES string of the molecule is CC(C)(C)c1c[c-]c2c(c1)-c1cc(C(C)(C)C)ccc1C2.CC[Si](=[Zr+2])CC.[C-]1=CC=CC1. The van der Waals surface area contributed by atoms with Crippen LogP contribution in [-0.4, -0.2) is 5.43 Å². The van der Waals surface area contributed by atoms with E-state index in [2.05, 4.69) is 104 Å². The van der Waals surface area contributed by atoms with E-state index in [0.29, 0.717) is 0 Å². The minimum Gasteiger partial charge on any atom is -0.273 e. The minimum atomic E-state index is 0.177. The molecule has 0 aromatic heterocycles. The summed E-state index contributed by atoms with van der Waals surface area (Å²) in [5.74, 6) is 0. The van der Waals surface area contributed by atoms with Gasteiger partial charge in [-0.1, -0.05) is 76.3 Å². The van der Waals surface area contributed by atoms with E-state index in [9.17, 15) is 0 Å². The zero-order valence-electron chi connectivity index (χ0n) is 21.4. The summed E-state index contributed by atoms with van der Waals surface area (Å²) in [6.07, 6.45) is 11.0. The van der Waals surface area contributed by atoms with Gasteiger partial charge in [-0.2, -0.15) is 35.4 Å². The molecule has 2 aliphatic rings. The molecule has 0 N–H and O–H groups in total. The molecule has 0 spiro atoms. The third-order valence-electron chi connectivity index (χ3n) is 5.97. The van der Waals surface area contributed by atoms with Crippen molar-refractivity contribution in [3.05, 3.63) is 83.0 Å². The number of fused-ring (bicyclic) bond motifs is 3. The van der Waals surface area contributed by atoms with Crippen molar-refractivity contribution in [1.82, 2.24) is 0 Å². The largest absolute Gasteiger partial charge is 0.273 e. The summed E-state index contributed by atoms with van der Waals surface area (Å²) in [5, 5.41) is 0. The van der Waals surface area contributed by atoms with Crippen molar-refractivity contribution in [1.29, 1.82) is 0 Å². The molecule has 4 rings (SSSR count). The summed E-state index contributed by atoms with van der Waals surface area (Å²) in [7, 11) is 0. The average Bonchev–Trinajstić information content (AvgIpc) is 3.43. The van der Waals surface area contributed by atoms with Gasteiger partial charge in [0.15, 0.2) is 0 Å². The van der Waals surface area contributed by atoms with Crippen molar-refractivity contribution >= 4 is 5.43 Å². The fourth-order valence-corrected chi connectivity index (χ4v) is 4.07. The molecule has 2 heteroatoms. The number of benzene rings is 2. The van der Waals surface area contributed by atoms with E-state index < -0.39 is 0 Å². The third-order valence-corrected chi connectivity index (χ3v) is 12.9. The predicted octanol–water partition coefficient (Wildman–Crippen LogP) is 8.52. The Labute approximate surface area is 213 Å². The number of hydrogen-bond donors (Lipinski definition) is 0. The van der Waals surface area contributed by atoms with Crippen molar-refractivity contribution in [2.75, 3.05) is 0 Å². The van der Waals surface area contributed by atoms with Gasteiger partial charge in [-0.3, -0.25) is 6.08 Å². The van der Waals surface area contributed by atoms with Crippen molar-refractivity contribution in [2.45, 2.75) is 91.1 Å². The van der Waals surface area contributed by atoms with Crippen molar-refractivity contribution in [3.8, 4) is 11.1 Å². The van der Waals surface area contributed by atoms with Crippen LogP contribution in [0.15, 0.2) is 48.6 Å². The summed E-state index contributed by atoms with van der Waals surface area (Å²) in [5.41, 5.74) is 8.98. The molecule has 0 nitrogen and oxygen atoms in total. The van der Waals surface area contributed by atoms with Crippen molar-refractivity contribution in [2.24, 2.45) is 0 Å². The Bertz CT molecular complexity index is 903. The Morgan fingerprint density at radius 1 is 0.906 bits per heavy atom. The molecule has 168 valence electrons. The molecule has 0 saturated heterocycles. The minimum absolute atomic E-state index is 0.177. The molecule has 0 unspecified atom stereocenters. The maximum Gasteiger partial charge on any atom is -0.109 e. The van der Waals surface area contributed by atoms with Crippen LogP contribution in [0.4, 0.5) is 0 Å². The Morgan fingerprint density at radius 3 is 1.97 bits per heavy atom. The predicted molar refractivity (Wildman–Crippen MR) is 139 cm³/mol. The summed E-state index contributed by atoms with van der Waals surface area (Å²) in [6, 6.07) is 18.0. The first-order valence-corrected chi connectivity index (χ1v) is 17.5. The monoisotopic (exact) mass is 518 g/mol. The van der Waals surface area contributed by atoms with E-state index >= 15 is 0 Å². The first kappa shape index (κ1) is 27.3. The zero-order valence-corrected chi connectivity index (χ0v) is 24.9. The van der Waals surface area contributed by atoms with E-state index in [1.54, 1.807) is 23.3 Å². The van der Waals surface area contributed by atoms with E-state index in [1.165, 1.54) is 45.5 Å². The summed E-state index contributed by atoms with van der Waals surface area (Å²) in [6.45, 7) is 18.2. The Kier molecular flexibility index (Phi) is 10.2. The van der Waals surface area contributed by atoms with Crippen LogP contribution >= 0.6 is 0 Å². The van der Waals surface area contributed by atoms with Gasteiger partial charge in [0.05, 0.1) is 0 Å². The topological polar surface area (TPSA) is 0 Å². The fourth-order valence-electron chi connectivity index (χ4n) is 3.57. The van der Waals surface area contributed by atoms with Crippen LogP contribution in [0.5, 0.6) is 0 Å². The first-order chi connectivity index (χ1) is 15.0. The van der Waals surface area contributed by atoms with Gasteiger partial charge in [-0.05, 0) is 17.4 Å². The van der Waals surface area contributed by atoms with Gasteiger partial charge >= 0.3 is 54.7 Å². The van der Waals surface area contributed by atoms with Crippen molar-refractivity contribution < 1.29 is 23.3 Å². The maximum absolute atomic E-state index is 3.53. The number of hydrogen-bond acceptors (Lipinski definition) is 0. The molecular weight excluding hydrogens is 480 g/mol. The fraction of sp³-hybridized carbons (Fsp3) is 0.467. The number of allylic oxidation sites excluding steroid dienone is 4. The van der Waals surface area contributed by atoms with Gasteiger partial charge in [-0.25, -0.2) is 12.2 Å². The second-order valence-electron chi connectivity index (χ2n) is 10.6. The second-order valence-corrected chi connectivity index (χ2v) is 18.5. The van der Waals surface area contributed by atoms with E-state index in [0.717, 1.165) is 12.8 Å². The summed E-state index contributed by atoms with van der Waals surface area (Å²) in [4.78, 5) is 0. The van der Waals surface area contributed by atoms with Crippen LogP contribution in [0.1, 0.15) is 84.1 Å². The van der Waals surface area contributed by atoms with Crippen LogP contribution in [0.2, 0.25) is 12.1 Å². The summed E-state index contributed by atoms with van der Waals surface area (Å²) < 4.78 is 0. The van der Waals surface area contributed by atoms with E-state index in [1.807, 2.05) is 12.2 Å². The molecule has 32 heavy (non-hydrogen) atoms. The molecule has 2 aromatic rings. The van der Waals surface area contributed by atoms with Gasteiger partial charge in [0, 0.05) is 0 Å². The molecule has 0 bridgehead atoms. The van der Waals surface area contributed by atoms with E-state index in [4.69, 9.17) is 0 Å². The van der Waals surface area contributed by atoms with Crippen LogP contribution < -0.4 is 0 Å². The number of rotatable bonds is 2. The Morgan fingerprint density at radius 2 is 1.53 bits per heavy atom. The first-order valence-electron chi connectivity index (χ1n) is 11.9. The molecular formula is C30H40SiZr. The van der Waals surface area contributed by atoms with Crippen molar-refractivity contribution in [3.63, 3.8) is 0 Å². The molecule has 0 fully saturated rings. The molecule has 0 aliphatic heterocycles. The van der Waals surface area contributed by atoms with Crippen LogP contribution in [-0.2, 0) is 40.6 Å². The van der Waals surface area contributed by atoms with Gasteiger partial charge in [0.2, 0.25) is 0 Å². The third kappa shape index (κ3) is 7.81. The quantitative estimate of drug-likeness (QED) is 0.235. The summed E-state index contributed by atoms with van der Waals surface area (Å²) >= 11 is 1.80. The molecule has 2 aliphatic carbocycles. The van der Waals surface area contributed by atoms with Gasteiger partial charge in [0.1, 0.15) is 0 Å². The molecule has 0 radical (unpaired) electrons. The molecule has 0 heterocycles. The standard InChI is InChI=1S/C21H25.C5H5.C4H10Si.Zr/c1-20(2,3)16-9-7-14-11-15-8-10-17(21(4,5)6)13-19(15)18(14)12-16;1-2-4-5-3-1;1-3-5-4-2;/h7,9-10,12-13H,11H2,1-6H3;1-3H,4H2;3-4H2,1-2H3;/q2*-1;;+2. The van der Waals surface area contributed by atoms with Crippen LogP contribution in [0.25, 0.3) is 11.1 Å². The maximum atomic E-state index is 3.53. The van der Waals surface area contributed by atoms with Gasteiger partial charge in [-0.15, -0.1) is 12.0 Å². The molecule has 0 saturated carbocycles. The second kappa shape index (κ2) is 11.9. The van der Waals surface area contributed by atoms with E-state index in [-0.39, 0.29) is 16.3 Å². The average molecular weight is 520 g/mol. The Balaban J connectivity index is 0.000000272. The molecule has 0 amide bonds.